The number of rotatable bonds is 6. The summed E-state index contributed by atoms with van der Waals surface area (Å²) in [6.45, 7) is 9.50. The molecule has 0 saturated heterocycles. The van der Waals surface area contributed by atoms with Crippen LogP contribution in [0.2, 0.25) is 0 Å². The molecule has 0 N–H and O–H groups in total. The average Bonchev–Trinajstić information content (AvgIpc) is 2.37. The van der Waals surface area contributed by atoms with Crippen LogP contribution in [0.25, 0.3) is 6.08 Å². The summed E-state index contributed by atoms with van der Waals surface area (Å²) >= 11 is 2.17. The first kappa shape index (κ1) is 17.8. The van der Waals surface area contributed by atoms with E-state index in [1.54, 1.807) is 13.2 Å². The molecule has 4 nitrogen and oxygen atoms in total. The van der Waals surface area contributed by atoms with Crippen molar-refractivity contribution in [2.75, 3.05) is 13.7 Å². The maximum Gasteiger partial charge on any atom is 0.309 e. The Hall–Kier alpha value is -1.24. The van der Waals surface area contributed by atoms with E-state index in [9.17, 15) is 4.79 Å². The Morgan fingerprint density at radius 2 is 2.05 bits per heavy atom. The fourth-order valence-corrected chi connectivity index (χ4v) is 2.41. The van der Waals surface area contributed by atoms with E-state index >= 15 is 0 Å². The molecule has 0 unspecified atom stereocenters. The van der Waals surface area contributed by atoms with E-state index in [2.05, 4.69) is 29.2 Å². The van der Waals surface area contributed by atoms with Crippen molar-refractivity contribution >= 4 is 34.6 Å². The number of esters is 1. The van der Waals surface area contributed by atoms with Gasteiger partial charge in [-0.25, -0.2) is 0 Å². The zero-order valence-electron chi connectivity index (χ0n) is 12.9. The highest BCUT2D eigenvalue weighted by molar-refractivity contribution is 14.1. The Morgan fingerprint density at radius 3 is 2.57 bits per heavy atom. The highest BCUT2D eigenvalue weighted by Gasteiger charge is 2.17. The number of carbonyl (C=O) groups excluding carboxylic acids is 1. The van der Waals surface area contributed by atoms with Crippen LogP contribution in [0.1, 0.15) is 32.8 Å². The first-order valence-corrected chi connectivity index (χ1v) is 7.69. The van der Waals surface area contributed by atoms with E-state index in [4.69, 9.17) is 14.2 Å². The first-order chi connectivity index (χ1) is 9.76. The van der Waals surface area contributed by atoms with Crippen LogP contribution in [0, 0.1) is 3.57 Å². The molecule has 21 heavy (non-hydrogen) atoms. The predicted molar refractivity (Wildman–Crippen MR) is 91.8 cm³/mol. The fraction of sp³-hybridized carbons (Fsp3) is 0.438. The van der Waals surface area contributed by atoms with E-state index < -0.39 is 5.60 Å². The van der Waals surface area contributed by atoms with Crippen LogP contribution in [-0.2, 0) is 9.53 Å². The summed E-state index contributed by atoms with van der Waals surface area (Å²) in [5.41, 5.74) is 0.477. The SMILES string of the molecule is C=Cc1cc(I)c(OCCC(=O)OC(C)(C)C)c(OC)c1. The van der Waals surface area contributed by atoms with Crippen molar-refractivity contribution in [2.24, 2.45) is 0 Å². The van der Waals surface area contributed by atoms with Gasteiger partial charge in [0.1, 0.15) is 5.60 Å². The van der Waals surface area contributed by atoms with Crippen molar-refractivity contribution in [3.8, 4) is 11.5 Å². The summed E-state index contributed by atoms with van der Waals surface area (Å²) < 4.78 is 17.1. The first-order valence-electron chi connectivity index (χ1n) is 6.61. The average molecular weight is 404 g/mol. The highest BCUT2D eigenvalue weighted by Crippen LogP contribution is 2.34. The molecule has 0 atom stereocenters. The molecule has 0 saturated carbocycles. The van der Waals surface area contributed by atoms with E-state index in [-0.39, 0.29) is 19.0 Å². The summed E-state index contributed by atoms with van der Waals surface area (Å²) in [5.74, 6) is 0.979. The van der Waals surface area contributed by atoms with Crippen LogP contribution in [0.4, 0.5) is 0 Å². The number of hydrogen-bond acceptors (Lipinski definition) is 4. The minimum atomic E-state index is -0.477. The van der Waals surface area contributed by atoms with Crippen molar-refractivity contribution in [3.05, 3.63) is 27.8 Å². The van der Waals surface area contributed by atoms with Crippen molar-refractivity contribution in [3.63, 3.8) is 0 Å². The van der Waals surface area contributed by atoms with E-state index in [1.165, 1.54) is 0 Å². The quantitative estimate of drug-likeness (QED) is 0.530. The molecule has 1 aromatic rings. The smallest absolute Gasteiger partial charge is 0.309 e. The summed E-state index contributed by atoms with van der Waals surface area (Å²) in [4.78, 5) is 11.6. The summed E-state index contributed by atoms with van der Waals surface area (Å²) in [7, 11) is 1.58. The predicted octanol–water partition coefficient (Wildman–Crippen LogP) is 4.05. The van der Waals surface area contributed by atoms with Gasteiger partial charge in [-0.3, -0.25) is 4.79 Å². The van der Waals surface area contributed by atoms with Crippen LogP contribution in [0.5, 0.6) is 11.5 Å². The number of halogens is 1. The Labute approximate surface area is 139 Å². The van der Waals surface area contributed by atoms with Gasteiger partial charge in [-0.15, -0.1) is 0 Å². The molecule has 0 fully saturated rings. The second kappa shape index (κ2) is 7.68. The van der Waals surface area contributed by atoms with E-state index in [1.807, 2.05) is 32.9 Å². The molecular weight excluding hydrogens is 383 g/mol. The molecule has 1 aromatic carbocycles. The van der Waals surface area contributed by atoms with E-state index in [0.29, 0.717) is 11.5 Å². The Kier molecular flexibility index (Phi) is 6.51. The van der Waals surface area contributed by atoms with Crippen LogP contribution < -0.4 is 9.47 Å². The number of hydrogen-bond donors (Lipinski definition) is 0. The van der Waals surface area contributed by atoms with Gasteiger partial charge in [-0.2, -0.15) is 0 Å². The molecule has 0 aliphatic rings. The maximum atomic E-state index is 11.6. The third kappa shape index (κ3) is 5.95. The van der Waals surface area contributed by atoms with Gasteiger partial charge in [0, 0.05) is 0 Å². The lowest BCUT2D eigenvalue weighted by Crippen LogP contribution is -2.24. The molecule has 0 radical (unpaired) electrons. The molecular formula is C16H21IO4. The number of methoxy groups -OCH3 is 1. The van der Waals surface area contributed by atoms with Crippen LogP contribution in [-0.4, -0.2) is 25.3 Å². The number of benzene rings is 1. The lowest BCUT2D eigenvalue weighted by Gasteiger charge is -2.19. The van der Waals surface area contributed by atoms with Crippen molar-refractivity contribution in [2.45, 2.75) is 32.8 Å². The topological polar surface area (TPSA) is 44.8 Å². The molecule has 1 rings (SSSR count). The fourth-order valence-electron chi connectivity index (χ4n) is 1.63. The molecule has 0 aliphatic carbocycles. The minimum Gasteiger partial charge on any atom is -0.493 e. The van der Waals surface area contributed by atoms with Crippen molar-refractivity contribution in [1.82, 2.24) is 0 Å². The number of carbonyl (C=O) groups is 1. The lowest BCUT2D eigenvalue weighted by molar-refractivity contribution is -0.155. The monoisotopic (exact) mass is 404 g/mol. The van der Waals surface area contributed by atoms with Gasteiger partial charge in [0.25, 0.3) is 0 Å². The van der Waals surface area contributed by atoms with Crippen LogP contribution in [0.3, 0.4) is 0 Å². The van der Waals surface area contributed by atoms with Gasteiger partial charge < -0.3 is 14.2 Å². The maximum absolute atomic E-state index is 11.6. The third-order valence-corrected chi connectivity index (χ3v) is 3.26. The summed E-state index contributed by atoms with van der Waals surface area (Å²) in [6, 6.07) is 3.79. The second-order valence-electron chi connectivity index (χ2n) is 5.42. The van der Waals surface area contributed by atoms with Gasteiger partial charge >= 0.3 is 5.97 Å². The molecule has 0 aromatic heterocycles. The molecule has 0 bridgehead atoms. The molecule has 0 heterocycles. The molecule has 0 aliphatic heterocycles. The zero-order chi connectivity index (χ0) is 16.0. The number of ether oxygens (including phenoxy) is 3. The highest BCUT2D eigenvalue weighted by atomic mass is 127. The Bertz CT molecular complexity index is 518. The van der Waals surface area contributed by atoms with Crippen LogP contribution in [0.15, 0.2) is 18.7 Å². The Morgan fingerprint density at radius 1 is 1.38 bits per heavy atom. The largest absolute Gasteiger partial charge is 0.493 e. The van der Waals surface area contributed by atoms with Crippen molar-refractivity contribution in [1.29, 1.82) is 0 Å². The van der Waals surface area contributed by atoms with Gasteiger partial charge in [0.15, 0.2) is 11.5 Å². The van der Waals surface area contributed by atoms with Gasteiger partial charge in [0.2, 0.25) is 0 Å². The normalized spacial score (nSPS) is 10.9. The zero-order valence-corrected chi connectivity index (χ0v) is 15.0. The molecule has 116 valence electrons. The lowest BCUT2D eigenvalue weighted by atomic mass is 10.2. The van der Waals surface area contributed by atoms with Crippen molar-refractivity contribution < 1.29 is 19.0 Å². The summed E-state index contributed by atoms with van der Waals surface area (Å²) in [5, 5.41) is 0. The molecule has 5 heteroatoms. The third-order valence-electron chi connectivity index (χ3n) is 2.46. The minimum absolute atomic E-state index is 0.194. The standard InChI is InChI=1S/C16H21IO4/c1-6-11-9-12(17)15(13(10-11)19-5)20-8-7-14(18)21-16(2,3)4/h6,9-10H,1,7-8H2,2-5H3. The van der Waals surface area contributed by atoms with Gasteiger partial charge in [0.05, 0.1) is 23.7 Å². The Balaban J connectivity index is 2.67. The molecule has 0 amide bonds. The van der Waals surface area contributed by atoms with Crippen LogP contribution >= 0.6 is 22.6 Å². The van der Waals surface area contributed by atoms with Gasteiger partial charge in [-0.05, 0) is 61.1 Å². The van der Waals surface area contributed by atoms with Gasteiger partial charge in [-0.1, -0.05) is 12.7 Å². The van der Waals surface area contributed by atoms with E-state index in [0.717, 1.165) is 9.13 Å². The molecule has 0 spiro atoms. The summed E-state index contributed by atoms with van der Waals surface area (Å²) in [6.07, 6.45) is 1.94. The second-order valence-corrected chi connectivity index (χ2v) is 6.59.